The summed E-state index contributed by atoms with van der Waals surface area (Å²) in [5.41, 5.74) is 0.814. The minimum atomic E-state index is -0.238. The third kappa shape index (κ3) is 4.86. The lowest BCUT2D eigenvalue weighted by Crippen LogP contribution is -2.30. The number of halogens is 1. The first-order valence-electron chi connectivity index (χ1n) is 6.70. The van der Waals surface area contributed by atoms with E-state index in [1.165, 1.54) is 12.1 Å². The van der Waals surface area contributed by atoms with E-state index in [-0.39, 0.29) is 24.0 Å². The van der Waals surface area contributed by atoms with Crippen molar-refractivity contribution in [3.8, 4) is 17.2 Å². The quantitative estimate of drug-likeness (QED) is 0.714. The minimum Gasteiger partial charge on any atom is -0.504 e. The fourth-order valence-electron chi connectivity index (χ4n) is 1.80. The summed E-state index contributed by atoms with van der Waals surface area (Å²) in [5.74, 6) is 0.00000510. The zero-order valence-electron chi connectivity index (χ0n) is 11.8. The summed E-state index contributed by atoms with van der Waals surface area (Å²) in [5, 5.41) is 21.9. The van der Waals surface area contributed by atoms with Gasteiger partial charge >= 0.3 is 0 Å². The van der Waals surface area contributed by atoms with E-state index in [0.29, 0.717) is 23.7 Å². The Bertz CT molecular complexity index is 643. The van der Waals surface area contributed by atoms with Crippen LogP contribution in [0, 0.1) is 0 Å². The molecule has 2 rings (SSSR count). The van der Waals surface area contributed by atoms with Gasteiger partial charge in [0.2, 0.25) is 0 Å². The molecular formula is C16H16ClNO4. The first kappa shape index (κ1) is 16.0. The predicted molar refractivity (Wildman–Crippen MR) is 83.4 cm³/mol. The van der Waals surface area contributed by atoms with Gasteiger partial charge in [-0.25, -0.2) is 0 Å². The Morgan fingerprint density at radius 3 is 2.50 bits per heavy atom. The molecule has 0 fully saturated rings. The number of hydrogen-bond donors (Lipinski definition) is 3. The summed E-state index contributed by atoms with van der Waals surface area (Å²) in [6.45, 7) is 0.329. The second-order valence-corrected chi connectivity index (χ2v) is 5.10. The molecule has 0 bridgehead atoms. The summed E-state index contributed by atoms with van der Waals surface area (Å²) in [7, 11) is 0. The smallest absolute Gasteiger partial charge is 0.257 e. The van der Waals surface area contributed by atoms with Crippen LogP contribution in [0.2, 0.25) is 5.02 Å². The second-order valence-electron chi connectivity index (χ2n) is 4.67. The molecule has 0 spiro atoms. The van der Waals surface area contributed by atoms with Crippen LogP contribution in [0.25, 0.3) is 0 Å². The summed E-state index contributed by atoms with van der Waals surface area (Å²) in [6, 6.07) is 11.3. The van der Waals surface area contributed by atoms with E-state index in [0.717, 1.165) is 5.56 Å². The Morgan fingerprint density at radius 2 is 1.82 bits per heavy atom. The monoisotopic (exact) mass is 321 g/mol. The van der Waals surface area contributed by atoms with E-state index in [2.05, 4.69) is 5.32 Å². The number of phenolic OH excluding ortho intramolecular Hbond substituents is 2. The van der Waals surface area contributed by atoms with E-state index in [4.69, 9.17) is 16.3 Å². The SMILES string of the molecule is O=C(COc1ccc(Cl)cc1)NCCc1ccc(O)c(O)c1. The van der Waals surface area contributed by atoms with Gasteiger partial charge in [-0.15, -0.1) is 0 Å². The third-order valence-electron chi connectivity index (χ3n) is 2.96. The highest BCUT2D eigenvalue weighted by Gasteiger charge is 2.04. The summed E-state index contributed by atoms with van der Waals surface area (Å²) >= 11 is 5.75. The number of amides is 1. The zero-order valence-corrected chi connectivity index (χ0v) is 12.5. The molecule has 116 valence electrons. The van der Waals surface area contributed by atoms with Crippen molar-refractivity contribution in [1.29, 1.82) is 0 Å². The molecule has 0 radical (unpaired) electrons. The molecule has 0 aliphatic heterocycles. The molecule has 3 N–H and O–H groups in total. The van der Waals surface area contributed by atoms with Crippen molar-refractivity contribution in [3.05, 3.63) is 53.1 Å². The first-order chi connectivity index (χ1) is 10.5. The van der Waals surface area contributed by atoms with Gasteiger partial charge < -0.3 is 20.3 Å². The van der Waals surface area contributed by atoms with E-state index in [9.17, 15) is 15.0 Å². The van der Waals surface area contributed by atoms with Crippen molar-refractivity contribution in [1.82, 2.24) is 5.32 Å². The average molecular weight is 322 g/mol. The lowest BCUT2D eigenvalue weighted by molar-refractivity contribution is -0.123. The van der Waals surface area contributed by atoms with Crippen LogP contribution < -0.4 is 10.1 Å². The topological polar surface area (TPSA) is 78.8 Å². The van der Waals surface area contributed by atoms with E-state index in [1.54, 1.807) is 30.3 Å². The highest BCUT2D eigenvalue weighted by atomic mass is 35.5. The fraction of sp³-hybridized carbons (Fsp3) is 0.188. The molecular weight excluding hydrogens is 306 g/mol. The van der Waals surface area contributed by atoms with Gasteiger partial charge in [0.05, 0.1) is 0 Å². The number of carbonyl (C=O) groups is 1. The molecule has 2 aromatic rings. The van der Waals surface area contributed by atoms with Crippen LogP contribution in [0.5, 0.6) is 17.2 Å². The minimum absolute atomic E-state index is 0.0809. The molecule has 0 aromatic heterocycles. The lowest BCUT2D eigenvalue weighted by Gasteiger charge is -2.08. The molecule has 0 atom stereocenters. The van der Waals surface area contributed by atoms with Crippen molar-refractivity contribution in [2.45, 2.75) is 6.42 Å². The summed E-state index contributed by atoms with van der Waals surface area (Å²) in [6.07, 6.45) is 0.542. The molecule has 0 unspecified atom stereocenters. The Balaban J connectivity index is 1.71. The van der Waals surface area contributed by atoms with Crippen molar-refractivity contribution in [3.63, 3.8) is 0 Å². The van der Waals surface area contributed by atoms with Crippen LogP contribution in [0.15, 0.2) is 42.5 Å². The highest BCUT2D eigenvalue weighted by molar-refractivity contribution is 6.30. The van der Waals surface area contributed by atoms with Gasteiger partial charge in [0, 0.05) is 11.6 Å². The van der Waals surface area contributed by atoms with Gasteiger partial charge in [0.25, 0.3) is 5.91 Å². The van der Waals surface area contributed by atoms with Gasteiger partial charge in [-0.1, -0.05) is 17.7 Å². The van der Waals surface area contributed by atoms with Gasteiger partial charge in [-0.05, 0) is 48.4 Å². The normalized spacial score (nSPS) is 10.2. The van der Waals surface area contributed by atoms with Gasteiger partial charge in [0.1, 0.15) is 5.75 Å². The molecule has 5 nitrogen and oxygen atoms in total. The lowest BCUT2D eigenvalue weighted by atomic mass is 10.1. The highest BCUT2D eigenvalue weighted by Crippen LogP contribution is 2.24. The van der Waals surface area contributed by atoms with Crippen LogP contribution in [0.4, 0.5) is 0 Å². The van der Waals surface area contributed by atoms with Gasteiger partial charge in [-0.3, -0.25) is 4.79 Å². The molecule has 22 heavy (non-hydrogen) atoms. The maximum Gasteiger partial charge on any atom is 0.257 e. The number of nitrogens with one attached hydrogen (secondary N) is 1. The molecule has 1 amide bonds. The van der Waals surface area contributed by atoms with Crippen molar-refractivity contribution < 1.29 is 19.7 Å². The Morgan fingerprint density at radius 1 is 1.09 bits per heavy atom. The van der Waals surface area contributed by atoms with Crippen LogP contribution in [-0.4, -0.2) is 29.3 Å². The van der Waals surface area contributed by atoms with Gasteiger partial charge in [0.15, 0.2) is 18.1 Å². The molecule has 0 heterocycles. The Hall–Kier alpha value is -2.40. The zero-order chi connectivity index (χ0) is 15.9. The summed E-state index contributed by atoms with van der Waals surface area (Å²) in [4.78, 5) is 11.6. The number of aromatic hydroxyl groups is 2. The van der Waals surface area contributed by atoms with Crippen molar-refractivity contribution in [2.75, 3.05) is 13.2 Å². The number of ether oxygens (including phenoxy) is 1. The van der Waals surface area contributed by atoms with Crippen LogP contribution >= 0.6 is 11.6 Å². The van der Waals surface area contributed by atoms with Crippen LogP contribution in [-0.2, 0) is 11.2 Å². The maximum atomic E-state index is 11.6. The molecule has 0 saturated heterocycles. The average Bonchev–Trinajstić information content (AvgIpc) is 2.50. The Kier molecular flexibility index (Phi) is 5.49. The number of benzene rings is 2. The van der Waals surface area contributed by atoms with E-state index >= 15 is 0 Å². The van der Waals surface area contributed by atoms with Crippen molar-refractivity contribution >= 4 is 17.5 Å². The van der Waals surface area contributed by atoms with Crippen LogP contribution in [0.3, 0.4) is 0 Å². The third-order valence-corrected chi connectivity index (χ3v) is 3.21. The number of rotatable bonds is 6. The van der Waals surface area contributed by atoms with Crippen molar-refractivity contribution in [2.24, 2.45) is 0 Å². The van der Waals surface area contributed by atoms with E-state index in [1.807, 2.05) is 0 Å². The number of hydrogen-bond acceptors (Lipinski definition) is 4. The molecule has 2 aromatic carbocycles. The van der Waals surface area contributed by atoms with Gasteiger partial charge in [-0.2, -0.15) is 0 Å². The number of carbonyl (C=O) groups excluding carboxylic acids is 1. The predicted octanol–water partition coefficient (Wildman–Crippen LogP) is 2.49. The number of phenols is 2. The summed E-state index contributed by atoms with van der Waals surface area (Å²) < 4.78 is 5.32. The van der Waals surface area contributed by atoms with E-state index < -0.39 is 0 Å². The van der Waals surface area contributed by atoms with Crippen LogP contribution in [0.1, 0.15) is 5.56 Å². The molecule has 6 heteroatoms. The molecule has 0 aliphatic rings. The first-order valence-corrected chi connectivity index (χ1v) is 7.08. The largest absolute Gasteiger partial charge is 0.504 e. The second kappa shape index (κ2) is 7.56. The standard InChI is InChI=1S/C16H16ClNO4/c17-12-2-4-13(5-3-12)22-10-16(21)18-8-7-11-1-6-14(19)15(20)9-11/h1-6,9,19-20H,7-8,10H2,(H,18,21). The Labute approximate surface area is 133 Å². The fourth-order valence-corrected chi connectivity index (χ4v) is 1.93. The molecule has 0 saturated carbocycles. The maximum absolute atomic E-state index is 11.6. The molecule has 0 aliphatic carbocycles.